The third-order valence-corrected chi connectivity index (χ3v) is 3.15. The third kappa shape index (κ3) is 3.85. The molecule has 0 radical (unpaired) electrons. The lowest BCUT2D eigenvalue weighted by atomic mass is 10.1. The van der Waals surface area contributed by atoms with Crippen LogP contribution in [0.25, 0.3) is 0 Å². The van der Waals surface area contributed by atoms with E-state index in [2.05, 4.69) is 22.6 Å². The van der Waals surface area contributed by atoms with Crippen molar-refractivity contribution in [2.45, 2.75) is 25.9 Å². The van der Waals surface area contributed by atoms with Gasteiger partial charge in [0.15, 0.2) is 0 Å². The highest BCUT2D eigenvalue weighted by molar-refractivity contribution is 5.76. The Bertz CT molecular complexity index is 403. The van der Waals surface area contributed by atoms with E-state index in [1.165, 1.54) is 0 Å². The number of amides is 1. The Balaban J connectivity index is 1.71. The highest BCUT2D eigenvalue weighted by atomic mass is 16.3. The number of nitrogens with one attached hydrogen (secondary N) is 2. The molecule has 1 atom stereocenters. The topological polar surface area (TPSA) is 57.5 Å². The fourth-order valence-corrected chi connectivity index (χ4v) is 2.19. The van der Waals surface area contributed by atoms with E-state index in [-0.39, 0.29) is 11.9 Å². The first-order valence-corrected chi connectivity index (χ1v) is 6.37. The Morgan fingerprint density at radius 2 is 2.44 bits per heavy atom. The molecule has 1 aromatic rings. The number of rotatable bonds is 4. The molecule has 1 amide bonds. The summed E-state index contributed by atoms with van der Waals surface area (Å²) in [6, 6.07) is 4.04. The lowest BCUT2D eigenvalue weighted by Gasteiger charge is -2.30. The third-order valence-electron chi connectivity index (χ3n) is 3.15. The van der Waals surface area contributed by atoms with Gasteiger partial charge in [-0.2, -0.15) is 0 Å². The summed E-state index contributed by atoms with van der Waals surface area (Å²) in [5.41, 5.74) is 0. The number of nitrogens with zero attached hydrogens (tertiary/aromatic N) is 1. The molecule has 2 N–H and O–H groups in total. The monoisotopic (exact) mass is 251 g/mol. The average molecular weight is 251 g/mol. The zero-order valence-electron chi connectivity index (χ0n) is 11.0. The molecule has 1 fully saturated rings. The van der Waals surface area contributed by atoms with E-state index in [1.54, 1.807) is 0 Å². The van der Waals surface area contributed by atoms with Gasteiger partial charge in [-0.1, -0.05) is 0 Å². The molecule has 0 aliphatic carbocycles. The standard InChI is InChI=1S/C13H21N3O2/c1-10-3-4-12(18-10)8-15-13(17)7-11-9-16(2)6-5-14-11/h3-4,11,14H,5-9H2,1-2H3,(H,15,17). The quantitative estimate of drug-likeness (QED) is 0.818. The minimum absolute atomic E-state index is 0.0665. The largest absolute Gasteiger partial charge is 0.465 e. The zero-order chi connectivity index (χ0) is 13.0. The first-order valence-electron chi connectivity index (χ1n) is 6.37. The van der Waals surface area contributed by atoms with Crippen molar-refractivity contribution >= 4 is 5.91 Å². The van der Waals surface area contributed by atoms with E-state index in [4.69, 9.17) is 4.42 Å². The molecule has 18 heavy (non-hydrogen) atoms. The fraction of sp³-hybridized carbons (Fsp3) is 0.615. The second-order valence-electron chi connectivity index (χ2n) is 4.91. The molecule has 1 aromatic heterocycles. The first-order chi connectivity index (χ1) is 8.63. The average Bonchev–Trinajstić information content (AvgIpc) is 2.73. The van der Waals surface area contributed by atoms with Crippen LogP contribution < -0.4 is 10.6 Å². The Morgan fingerprint density at radius 3 is 3.11 bits per heavy atom. The predicted octanol–water partition coefficient (Wildman–Crippen LogP) is 0.498. The van der Waals surface area contributed by atoms with Crippen LogP contribution >= 0.6 is 0 Å². The van der Waals surface area contributed by atoms with E-state index in [0.717, 1.165) is 31.2 Å². The van der Waals surface area contributed by atoms with Crippen molar-refractivity contribution in [3.05, 3.63) is 23.7 Å². The van der Waals surface area contributed by atoms with Gasteiger partial charge in [-0.05, 0) is 26.1 Å². The summed E-state index contributed by atoms with van der Waals surface area (Å²) >= 11 is 0. The molecule has 5 nitrogen and oxygen atoms in total. The van der Waals surface area contributed by atoms with Crippen LogP contribution in [-0.4, -0.2) is 43.5 Å². The molecular formula is C13H21N3O2. The summed E-state index contributed by atoms with van der Waals surface area (Å²) in [5.74, 6) is 1.74. The van der Waals surface area contributed by atoms with Gasteiger partial charge in [0.25, 0.3) is 0 Å². The highest BCUT2D eigenvalue weighted by Gasteiger charge is 2.19. The molecule has 5 heteroatoms. The lowest BCUT2D eigenvalue weighted by molar-refractivity contribution is -0.122. The van der Waals surface area contributed by atoms with E-state index in [1.807, 2.05) is 19.1 Å². The number of carbonyl (C=O) groups is 1. The van der Waals surface area contributed by atoms with Crippen LogP contribution in [-0.2, 0) is 11.3 Å². The van der Waals surface area contributed by atoms with E-state index < -0.39 is 0 Å². The summed E-state index contributed by atoms with van der Waals surface area (Å²) in [6.07, 6.45) is 0.518. The molecule has 0 saturated carbocycles. The van der Waals surface area contributed by atoms with E-state index >= 15 is 0 Å². The van der Waals surface area contributed by atoms with Gasteiger partial charge in [0.1, 0.15) is 11.5 Å². The minimum atomic E-state index is 0.0665. The number of piperazine rings is 1. The molecule has 0 aromatic carbocycles. The summed E-state index contributed by atoms with van der Waals surface area (Å²) in [5, 5.41) is 6.24. The van der Waals surface area contributed by atoms with Crippen molar-refractivity contribution in [1.29, 1.82) is 0 Å². The number of likely N-dealkylation sites (N-methyl/N-ethyl adjacent to an activating group) is 1. The van der Waals surface area contributed by atoms with Crippen molar-refractivity contribution in [2.24, 2.45) is 0 Å². The molecule has 1 saturated heterocycles. The molecule has 0 spiro atoms. The summed E-state index contributed by atoms with van der Waals surface area (Å²) in [6.45, 7) is 5.28. The Morgan fingerprint density at radius 1 is 1.61 bits per heavy atom. The maximum atomic E-state index is 11.8. The van der Waals surface area contributed by atoms with Crippen molar-refractivity contribution in [2.75, 3.05) is 26.7 Å². The maximum Gasteiger partial charge on any atom is 0.221 e. The van der Waals surface area contributed by atoms with Gasteiger partial charge in [-0.15, -0.1) is 0 Å². The predicted molar refractivity (Wildman–Crippen MR) is 69.2 cm³/mol. The SMILES string of the molecule is Cc1ccc(CNC(=O)CC2CN(C)CCN2)o1. The van der Waals surface area contributed by atoms with Crippen molar-refractivity contribution < 1.29 is 9.21 Å². The molecule has 1 aliphatic heterocycles. The lowest BCUT2D eigenvalue weighted by Crippen LogP contribution is -2.50. The van der Waals surface area contributed by atoms with Crippen LogP contribution in [0, 0.1) is 6.92 Å². The van der Waals surface area contributed by atoms with Gasteiger partial charge in [0, 0.05) is 32.1 Å². The van der Waals surface area contributed by atoms with Crippen LogP contribution in [0.15, 0.2) is 16.5 Å². The number of carbonyl (C=O) groups excluding carboxylic acids is 1. The number of hydrogen-bond acceptors (Lipinski definition) is 4. The smallest absolute Gasteiger partial charge is 0.221 e. The van der Waals surface area contributed by atoms with Crippen LogP contribution in [0.5, 0.6) is 0 Å². The van der Waals surface area contributed by atoms with Gasteiger partial charge >= 0.3 is 0 Å². The molecule has 0 bridgehead atoms. The fourth-order valence-electron chi connectivity index (χ4n) is 2.19. The van der Waals surface area contributed by atoms with E-state index in [9.17, 15) is 4.79 Å². The first kappa shape index (κ1) is 13.1. The molecule has 1 unspecified atom stereocenters. The van der Waals surface area contributed by atoms with Crippen LogP contribution in [0.3, 0.4) is 0 Å². The van der Waals surface area contributed by atoms with Crippen molar-refractivity contribution in [3.8, 4) is 0 Å². The molecule has 1 aliphatic rings. The van der Waals surface area contributed by atoms with Gasteiger partial charge in [-0.3, -0.25) is 4.79 Å². The minimum Gasteiger partial charge on any atom is -0.465 e. The van der Waals surface area contributed by atoms with Crippen LogP contribution in [0.2, 0.25) is 0 Å². The summed E-state index contributed by atoms with van der Waals surface area (Å²) in [4.78, 5) is 14.0. The van der Waals surface area contributed by atoms with Gasteiger partial charge < -0.3 is 20.0 Å². The summed E-state index contributed by atoms with van der Waals surface area (Å²) in [7, 11) is 2.08. The zero-order valence-corrected chi connectivity index (χ0v) is 11.0. The second-order valence-corrected chi connectivity index (χ2v) is 4.91. The van der Waals surface area contributed by atoms with Crippen LogP contribution in [0.4, 0.5) is 0 Å². The Kier molecular flexibility index (Phi) is 4.38. The van der Waals surface area contributed by atoms with Crippen molar-refractivity contribution in [1.82, 2.24) is 15.5 Å². The normalized spacial score (nSPS) is 20.9. The van der Waals surface area contributed by atoms with Crippen molar-refractivity contribution in [3.63, 3.8) is 0 Å². The molecule has 2 rings (SSSR count). The molecule has 2 heterocycles. The summed E-state index contributed by atoms with van der Waals surface area (Å²) < 4.78 is 5.40. The van der Waals surface area contributed by atoms with Gasteiger partial charge in [0.2, 0.25) is 5.91 Å². The van der Waals surface area contributed by atoms with Crippen LogP contribution in [0.1, 0.15) is 17.9 Å². The Labute approximate surface area is 108 Å². The number of hydrogen-bond donors (Lipinski definition) is 2. The Hall–Kier alpha value is -1.33. The molecular weight excluding hydrogens is 230 g/mol. The highest BCUT2D eigenvalue weighted by Crippen LogP contribution is 2.06. The maximum absolute atomic E-state index is 11.8. The van der Waals surface area contributed by atoms with Gasteiger partial charge in [-0.25, -0.2) is 0 Å². The van der Waals surface area contributed by atoms with E-state index in [0.29, 0.717) is 13.0 Å². The second kappa shape index (κ2) is 6.02. The number of aryl methyl sites for hydroxylation is 1. The molecule has 100 valence electrons. The number of furan rings is 1. The van der Waals surface area contributed by atoms with Gasteiger partial charge in [0.05, 0.1) is 6.54 Å².